The fourth-order valence-corrected chi connectivity index (χ4v) is 5.98. The van der Waals surface area contributed by atoms with Crippen molar-refractivity contribution in [3.8, 4) is 11.1 Å². The van der Waals surface area contributed by atoms with Crippen LogP contribution in [0.5, 0.6) is 0 Å². The zero-order valence-corrected chi connectivity index (χ0v) is 20.2. The molecule has 0 heterocycles. The second kappa shape index (κ2) is 8.40. The van der Waals surface area contributed by atoms with E-state index in [4.69, 9.17) is 4.74 Å². The van der Waals surface area contributed by atoms with Crippen molar-refractivity contribution in [1.29, 1.82) is 0 Å². The van der Waals surface area contributed by atoms with Crippen LogP contribution in [-0.2, 0) is 14.3 Å². The number of aliphatic carboxylic acids is 1. The smallest absolute Gasteiger partial charge is 0.407 e. The Morgan fingerprint density at radius 1 is 1.06 bits per heavy atom. The van der Waals surface area contributed by atoms with Crippen molar-refractivity contribution in [2.24, 2.45) is 10.8 Å². The first kappa shape index (κ1) is 23.4. The van der Waals surface area contributed by atoms with E-state index in [1.165, 1.54) is 6.92 Å². The quantitative estimate of drug-likeness (QED) is 0.522. The summed E-state index contributed by atoms with van der Waals surface area (Å²) in [5.41, 5.74) is 2.36. The molecule has 1 spiro atoms. The molecule has 35 heavy (non-hydrogen) atoms. The highest BCUT2D eigenvalue weighted by molar-refractivity contribution is 5.93. The SMILES string of the molecule is CCC(C)(NC(=O)C1(CNC(=O)OCC2c3ccccc3-c3ccccc32)CC12CCC2)C(=O)O. The van der Waals surface area contributed by atoms with Gasteiger partial charge in [-0.25, -0.2) is 9.59 Å². The van der Waals surface area contributed by atoms with Crippen LogP contribution in [0.3, 0.4) is 0 Å². The number of carboxylic acids is 1. The molecular formula is C28H32N2O5. The summed E-state index contributed by atoms with van der Waals surface area (Å²) < 4.78 is 5.65. The molecule has 0 bridgehead atoms. The Hall–Kier alpha value is -3.35. The van der Waals surface area contributed by atoms with Crippen LogP contribution in [-0.4, -0.2) is 41.8 Å². The van der Waals surface area contributed by atoms with E-state index in [-0.39, 0.29) is 36.8 Å². The Morgan fingerprint density at radius 2 is 1.66 bits per heavy atom. The predicted molar refractivity (Wildman–Crippen MR) is 131 cm³/mol. The molecule has 3 aliphatic rings. The number of rotatable bonds is 8. The van der Waals surface area contributed by atoms with Crippen LogP contribution in [0.15, 0.2) is 48.5 Å². The van der Waals surface area contributed by atoms with Crippen LogP contribution < -0.4 is 10.6 Å². The van der Waals surface area contributed by atoms with Crippen molar-refractivity contribution >= 4 is 18.0 Å². The Balaban J connectivity index is 1.24. The lowest BCUT2D eigenvalue weighted by atomic mass is 9.74. The van der Waals surface area contributed by atoms with Crippen LogP contribution in [0.1, 0.15) is 63.0 Å². The normalized spacial score (nSPS) is 22.8. The molecule has 2 fully saturated rings. The summed E-state index contributed by atoms with van der Waals surface area (Å²) in [7, 11) is 0. The lowest BCUT2D eigenvalue weighted by molar-refractivity contribution is -0.148. The van der Waals surface area contributed by atoms with Gasteiger partial charge in [-0.1, -0.05) is 61.9 Å². The molecule has 7 heteroatoms. The number of alkyl carbamates (subject to hydrolysis) is 1. The second-order valence-corrected chi connectivity index (χ2v) is 10.5. The van der Waals surface area contributed by atoms with E-state index in [0.29, 0.717) is 6.42 Å². The average molecular weight is 477 g/mol. The van der Waals surface area contributed by atoms with Gasteiger partial charge < -0.3 is 20.5 Å². The maximum absolute atomic E-state index is 13.3. The lowest BCUT2D eigenvalue weighted by Crippen LogP contribution is -2.56. The van der Waals surface area contributed by atoms with Gasteiger partial charge in [0, 0.05) is 12.5 Å². The maximum Gasteiger partial charge on any atom is 0.407 e. The monoisotopic (exact) mass is 476 g/mol. The summed E-state index contributed by atoms with van der Waals surface area (Å²) in [6.07, 6.45) is 3.26. The second-order valence-electron chi connectivity index (χ2n) is 10.5. The first-order valence-corrected chi connectivity index (χ1v) is 12.4. The molecule has 2 aromatic rings. The third-order valence-electron chi connectivity index (χ3n) is 8.72. The van der Waals surface area contributed by atoms with Gasteiger partial charge in [0.05, 0.1) is 5.41 Å². The third-order valence-corrected chi connectivity index (χ3v) is 8.72. The summed E-state index contributed by atoms with van der Waals surface area (Å²) in [5.74, 6) is -1.38. The van der Waals surface area contributed by atoms with Crippen molar-refractivity contribution in [2.45, 2.75) is 57.4 Å². The molecule has 3 aliphatic carbocycles. The number of hydrogen-bond acceptors (Lipinski definition) is 4. The summed E-state index contributed by atoms with van der Waals surface area (Å²) in [5, 5.41) is 15.2. The molecule has 3 N–H and O–H groups in total. The van der Waals surface area contributed by atoms with Gasteiger partial charge in [-0.15, -0.1) is 0 Å². The van der Waals surface area contributed by atoms with E-state index in [9.17, 15) is 19.5 Å². The standard InChI is InChI=1S/C28H32N2O5/c1-3-26(2,24(32)33)30-23(31)28(16-27(28)13-8-14-27)17-29-25(34)35-15-22-20-11-6-4-9-18(20)19-10-5-7-12-21(19)22/h4-7,9-12,22H,3,8,13-17H2,1-2H3,(H,29,34)(H,30,31)(H,32,33). The van der Waals surface area contributed by atoms with Crippen molar-refractivity contribution < 1.29 is 24.2 Å². The Morgan fingerprint density at radius 3 is 2.14 bits per heavy atom. The van der Waals surface area contributed by atoms with Crippen LogP contribution in [0.25, 0.3) is 11.1 Å². The summed E-state index contributed by atoms with van der Waals surface area (Å²) in [6.45, 7) is 3.61. The van der Waals surface area contributed by atoms with Crippen molar-refractivity contribution in [3.05, 3.63) is 59.7 Å². The van der Waals surface area contributed by atoms with Crippen molar-refractivity contribution in [1.82, 2.24) is 10.6 Å². The van der Waals surface area contributed by atoms with E-state index < -0.39 is 23.0 Å². The number of carbonyl (C=O) groups is 3. The molecule has 184 valence electrons. The largest absolute Gasteiger partial charge is 0.480 e. The topological polar surface area (TPSA) is 105 Å². The van der Waals surface area contributed by atoms with Gasteiger partial charge >= 0.3 is 12.1 Å². The highest BCUT2D eigenvalue weighted by Gasteiger charge is 2.73. The molecule has 0 aliphatic heterocycles. The average Bonchev–Trinajstić information content (AvgIpc) is 3.46. The Bertz CT molecular complexity index is 1140. The number of benzene rings is 2. The highest BCUT2D eigenvalue weighted by Crippen LogP contribution is 2.73. The maximum atomic E-state index is 13.3. The summed E-state index contributed by atoms with van der Waals surface area (Å²) in [4.78, 5) is 37.8. The fourth-order valence-electron chi connectivity index (χ4n) is 5.98. The summed E-state index contributed by atoms with van der Waals surface area (Å²) >= 11 is 0. The van der Waals surface area contributed by atoms with E-state index in [1.807, 2.05) is 24.3 Å². The first-order chi connectivity index (χ1) is 16.8. The number of ether oxygens (including phenoxy) is 1. The van der Waals surface area contributed by atoms with Crippen LogP contribution in [0, 0.1) is 10.8 Å². The molecule has 0 radical (unpaired) electrons. The number of hydrogen-bond donors (Lipinski definition) is 3. The van der Waals surface area contributed by atoms with Crippen LogP contribution >= 0.6 is 0 Å². The Kier molecular flexibility index (Phi) is 5.61. The van der Waals surface area contributed by atoms with Gasteiger partial charge in [-0.3, -0.25) is 4.79 Å². The molecule has 2 aromatic carbocycles. The third kappa shape index (κ3) is 3.68. The molecular weight excluding hydrogens is 444 g/mol. The zero-order chi connectivity index (χ0) is 24.8. The number of nitrogens with one attached hydrogen (secondary N) is 2. The predicted octanol–water partition coefficient (Wildman–Crippen LogP) is 4.46. The lowest BCUT2D eigenvalue weighted by Gasteiger charge is -2.34. The molecule has 2 amide bonds. The zero-order valence-electron chi connectivity index (χ0n) is 20.2. The van der Waals surface area contributed by atoms with Crippen LogP contribution in [0.2, 0.25) is 0 Å². The van der Waals surface area contributed by atoms with E-state index in [1.54, 1.807) is 6.92 Å². The molecule has 0 saturated heterocycles. The Labute approximate surface area is 205 Å². The summed E-state index contributed by atoms with van der Waals surface area (Å²) in [6, 6.07) is 16.3. The number of carbonyl (C=O) groups excluding carboxylic acids is 2. The van der Waals surface area contributed by atoms with Gasteiger partial charge in [0.15, 0.2) is 0 Å². The van der Waals surface area contributed by atoms with E-state index in [2.05, 4.69) is 34.9 Å². The van der Waals surface area contributed by atoms with Crippen LogP contribution in [0.4, 0.5) is 4.79 Å². The fraction of sp³-hybridized carbons (Fsp3) is 0.464. The highest BCUT2D eigenvalue weighted by atomic mass is 16.5. The molecule has 2 unspecified atom stereocenters. The van der Waals surface area contributed by atoms with Crippen molar-refractivity contribution in [3.63, 3.8) is 0 Å². The first-order valence-electron chi connectivity index (χ1n) is 12.4. The van der Waals surface area contributed by atoms with Crippen molar-refractivity contribution in [2.75, 3.05) is 13.2 Å². The van der Waals surface area contributed by atoms with E-state index in [0.717, 1.165) is 41.5 Å². The minimum Gasteiger partial charge on any atom is -0.480 e. The number of carboxylic acid groups (broad SMARTS) is 1. The van der Waals surface area contributed by atoms with Gasteiger partial charge in [0.2, 0.25) is 5.91 Å². The molecule has 7 nitrogen and oxygen atoms in total. The van der Waals surface area contributed by atoms with Gasteiger partial charge in [0.25, 0.3) is 0 Å². The van der Waals surface area contributed by atoms with E-state index >= 15 is 0 Å². The van der Waals surface area contributed by atoms with Gasteiger partial charge in [-0.2, -0.15) is 0 Å². The molecule has 0 aromatic heterocycles. The van der Waals surface area contributed by atoms with Gasteiger partial charge in [-0.05, 0) is 60.3 Å². The molecule has 2 saturated carbocycles. The van der Waals surface area contributed by atoms with Gasteiger partial charge in [0.1, 0.15) is 12.1 Å². The number of fused-ring (bicyclic) bond motifs is 3. The molecule has 5 rings (SSSR count). The number of amides is 2. The molecule has 2 atom stereocenters. The minimum atomic E-state index is -1.33. The minimum absolute atomic E-state index is 0.0369.